The van der Waals surface area contributed by atoms with Crippen LogP contribution in [0.4, 0.5) is 5.69 Å². The molecule has 0 aliphatic heterocycles. The second-order valence-corrected chi connectivity index (χ2v) is 5.44. The molecule has 0 spiro atoms. The topological polar surface area (TPSA) is 83.0 Å². The molecule has 20 heavy (non-hydrogen) atoms. The number of halogens is 2. The van der Waals surface area contributed by atoms with Gasteiger partial charge in [0, 0.05) is 18.8 Å². The van der Waals surface area contributed by atoms with Crippen molar-refractivity contribution in [3.8, 4) is 0 Å². The quantitative estimate of drug-likeness (QED) is 0.620. The van der Waals surface area contributed by atoms with Crippen LogP contribution in [0.1, 0.15) is 11.3 Å². The number of nitrogens with zero attached hydrogens (tertiary/aromatic N) is 4. The van der Waals surface area contributed by atoms with Crippen LogP contribution < -0.4 is 5.43 Å². The van der Waals surface area contributed by atoms with Gasteiger partial charge in [0.25, 0.3) is 5.43 Å². The van der Waals surface area contributed by atoms with Crippen molar-refractivity contribution in [3.63, 3.8) is 0 Å². The summed E-state index contributed by atoms with van der Waals surface area (Å²) in [5.74, 6) is 0. The van der Waals surface area contributed by atoms with Gasteiger partial charge in [-0.2, -0.15) is 5.10 Å². The second kappa shape index (κ2) is 5.37. The lowest BCUT2D eigenvalue weighted by molar-refractivity contribution is -0.386. The second-order valence-electron chi connectivity index (χ2n) is 4.23. The standard InChI is InChI=1S/C11H10BrClN4O3/c1-6-7(11(13)15(2)14-6)3-16-4-8(12)10(18)9(5-16)17(19)20/h4-5H,3H2,1-2H3. The van der Waals surface area contributed by atoms with Gasteiger partial charge in [-0.25, -0.2) is 0 Å². The molecule has 0 unspecified atom stereocenters. The van der Waals surface area contributed by atoms with Crippen LogP contribution in [0.3, 0.4) is 0 Å². The highest BCUT2D eigenvalue weighted by atomic mass is 79.9. The van der Waals surface area contributed by atoms with E-state index in [1.807, 2.05) is 0 Å². The molecule has 7 nitrogen and oxygen atoms in total. The molecule has 106 valence electrons. The Hall–Kier alpha value is -1.67. The summed E-state index contributed by atoms with van der Waals surface area (Å²) in [4.78, 5) is 21.7. The summed E-state index contributed by atoms with van der Waals surface area (Å²) < 4.78 is 3.18. The van der Waals surface area contributed by atoms with Crippen LogP contribution in [0.2, 0.25) is 5.15 Å². The number of hydrogen-bond acceptors (Lipinski definition) is 4. The summed E-state index contributed by atoms with van der Waals surface area (Å²) in [6.07, 6.45) is 2.67. The van der Waals surface area contributed by atoms with Crippen molar-refractivity contribution in [2.45, 2.75) is 13.5 Å². The Labute approximate surface area is 127 Å². The van der Waals surface area contributed by atoms with Crippen LogP contribution in [0.15, 0.2) is 21.7 Å². The molecule has 0 fully saturated rings. The summed E-state index contributed by atoms with van der Waals surface area (Å²) in [5, 5.41) is 15.5. The van der Waals surface area contributed by atoms with Gasteiger partial charge in [0.2, 0.25) is 0 Å². The Bertz CT molecular complexity index is 753. The molecule has 0 aliphatic rings. The fourth-order valence-corrected chi connectivity index (χ4v) is 2.54. The van der Waals surface area contributed by atoms with Crippen LogP contribution >= 0.6 is 27.5 Å². The molecule has 0 saturated heterocycles. The van der Waals surface area contributed by atoms with Gasteiger partial charge in [-0.3, -0.25) is 19.6 Å². The molecular weight excluding hydrogens is 352 g/mol. The van der Waals surface area contributed by atoms with Crippen molar-refractivity contribution >= 4 is 33.2 Å². The van der Waals surface area contributed by atoms with Gasteiger partial charge in [0.05, 0.1) is 27.8 Å². The van der Waals surface area contributed by atoms with Gasteiger partial charge >= 0.3 is 5.69 Å². The molecule has 2 aromatic rings. The van der Waals surface area contributed by atoms with Crippen molar-refractivity contribution in [1.82, 2.24) is 14.3 Å². The van der Waals surface area contributed by atoms with Crippen molar-refractivity contribution in [3.05, 3.63) is 53.6 Å². The number of aryl methyl sites for hydroxylation is 2. The van der Waals surface area contributed by atoms with E-state index < -0.39 is 16.0 Å². The molecule has 2 heterocycles. The number of aromatic nitrogens is 3. The summed E-state index contributed by atoms with van der Waals surface area (Å²) in [5.41, 5.74) is 0.339. The minimum absolute atomic E-state index is 0.129. The zero-order valence-corrected chi connectivity index (χ0v) is 13.0. The van der Waals surface area contributed by atoms with Crippen LogP contribution in [-0.2, 0) is 13.6 Å². The van der Waals surface area contributed by atoms with Gasteiger partial charge < -0.3 is 4.57 Å². The molecular formula is C11H10BrClN4O3. The largest absolute Gasteiger partial charge is 0.342 e. The minimum Gasteiger partial charge on any atom is -0.342 e. The summed E-state index contributed by atoms with van der Waals surface area (Å²) in [7, 11) is 1.71. The molecule has 2 rings (SSSR count). The monoisotopic (exact) mass is 360 g/mol. The van der Waals surface area contributed by atoms with E-state index in [1.54, 1.807) is 14.0 Å². The van der Waals surface area contributed by atoms with Gasteiger partial charge in [-0.15, -0.1) is 0 Å². The van der Waals surface area contributed by atoms with Gasteiger partial charge in [-0.1, -0.05) is 11.6 Å². The molecule has 0 aliphatic carbocycles. The lowest BCUT2D eigenvalue weighted by atomic mass is 10.2. The highest BCUT2D eigenvalue weighted by molar-refractivity contribution is 9.10. The SMILES string of the molecule is Cc1nn(C)c(Cl)c1Cn1cc(Br)c(=O)c([N+](=O)[O-])c1. The highest BCUT2D eigenvalue weighted by Crippen LogP contribution is 2.21. The highest BCUT2D eigenvalue weighted by Gasteiger charge is 2.18. The average molecular weight is 362 g/mol. The molecule has 0 bridgehead atoms. The van der Waals surface area contributed by atoms with Crippen LogP contribution in [0, 0.1) is 17.0 Å². The average Bonchev–Trinajstić information content (AvgIpc) is 2.60. The fourth-order valence-electron chi connectivity index (χ4n) is 1.84. The van der Waals surface area contributed by atoms with E-state index in [9.17, 15) is 14.9 Å². The Morgan fingerprint density at radius 2 is 2.15 bits per heavy atom. The Morgan fingerprint density at radius 1 is 1.50 bits per heavy atom. The van der Waals surface area contributed by atoms with E-state index in [2.05, 4.69) is 21.0 Å². The van der Waals surface area contributed by atoms with E-state index in [1.165, 1.54) is 21.6 Å². The number of hydrogen-bond donors (Lipinski definition) is 0. The van der Waals surface area contributed by atoms with Crippen LogP contribution in [0.5, 0.6) is 0 Å². The first-order valence-corrected chi connectivity index (χ1v) is 6.70. The van der Waals surface area contributed by atoms with Crippen molar-refractivity contribution in [1.29, 1.82) is 0 Å². The maximum atomic E-state index is 11.6. The Morgan fingerprint density at radius 3 is 2.65 bits per heavy atom. The molecule has 0 radical (unpaired) electrons. The summed E-state index contributed by atoms with van der Waals surface area (Å²) >= 11 is 9.15. The lowest BCUT2D eigenvalue weighted by Crippen LogP contribution is -2.13. The predicted molar refractivity (Wildman–Crippen MR) is 77.1 cm³/mol. The van der Waals surface area contributed by atoms with Crippen molar-refractivity contribution in [2.24, 2.45) is 7.05 Å². The maximum Gasteiger partial charge on any atom is 0.333 e. The minimum atomic E-state index is -0.707. The Kier molecular flexibility index (Phi) is 3.96. The normalized spacial score (nSPS) is 10.8. The maximum absolute atomic E-state index is 11.6. The first-order chi connectivity index (χ1) is 9.31. The summed E-state index contributed by atoms with van der Waals surface area (Å²) in [6, 6.07) is 0. The lowest BCUT2D eigenvalue weighted by Gasteiger charge is -2.07. The van der Waals surface area contributed by atoms with E-state index in [-0.39, 0.29) is 11.0 Å². The van der Waals surface area contributed by atoms with Gasteiger partial charge in [0.15, 0.2) is 0 Å². The van der Waals surface area contributed by atoms with E-state index in [4.69, 9.17) is 11.6 Å². The first kappa shape index (κ1) is 14.7. The number of pyridine rings is 1. The number of rotatable bonds is 3. The molecule has 0 aromatic carbocycles. The van der Waals surface area contributed by atoms with Crippen LogP contribution in [0.25, 0.3) is 0 Å². The van der Waals surface area contributed by atoms with E-state index >= 15 is 0 Å². The smallest absolute Gasteiger partial charge is 0.333 e. The van der Waals surface area contributed by atoms with Crippen LogP contribution in [-0.4, -0.2) is 19.3 Å². The predicted octanol–water partition coefficient (Wildman–Crippen LogP) is 2.26. The third-order valence-corrected chi connectivity index (χ3v) is 3.86. The molecule has 0 amide bonds. The molecule has 0 atom stereocenters. The van der Waals surface area contributed by atoms with Gasteiger partial charge in [0.1, 0.15) is 5.15 Å². The third kappa shape index (κ3) is 2.61. The fraction of sp³-hybridized carbons (Fsp3) is 0.273. The van der Waals surface area contributed by atoms with Crippen molar-refractivity contribution < 1.29 is 4.92 Å². The zero-order valence-electron chi connectivity index (χ0n) is 10.6. The van der Waals surface area contributed by atoms with Gasteiger partial charge in [-0.05, 0) is 22.9 Å². The van der Waals surface area contributed by atoms with E-state index in [0.717, 1.165) is 11.3 Å². The van der Waals surface area contributed by atoms with Crippen molar-refractivity contribution in [2.75, 3.05) is 0 Å². The Balaban J connectivity index is 2.49. The molecule has 9 heteroatoms. The third-order valence-electron chi connectivity index (χ3n) is 2.82. The van der Waals surface area contributed by atoms with E-state index in [0.29, 0.717) is 5.15 Å². The molecule has 0 N–H and O–H groups in total. The summed E-state index contributed by atoms with van der Waals surface area (Å²) in [6.45, 7) is 2.09. The number of nitro groups is 1. The first-order valence-electron chi connectivity index (χ1n) is 5.53. The molecule has 2 aromatic heterocycles. The molecule has 0 saturated carbocycles. The zero-order chi connectivity index (χ0) is 15.0.